The lowest BCUT2D eigenvalue weighted by molar-refractivity contribution is 0.0504. The Morgan fingerprint density at radius 1 is 1.50 bits per heavy atom. The number of nitrogens with one attached hydrogen (secondary N) is 1. The van der Waals surface area contributed by atoms with E-state index in [1.165, 1.54) is 0 Å². The van der Waals surface area contributed by atoms with E-state index in [4.69, 9.17) is 10.00 Å². The monoisotopic (exact) mass is 224 g/mol. The number of nitriles is 1. The average molecular weight is 224 g/mol. The van der Waals surface area contributed by atoms with E-state index in [1.54, 1.807) is 0 Å². The van der Waals surface area contributed by atoms with Crippen LogP contribution in [0, 0.1) is 17.2 Å². The standard InChI is InChI=1S/C12H20N2O2/c1-12(2,3)16-11(15)14-10-5-4-9(8-10)6-7-13/h9-10H,4-6,8H2,1-3H3,(H,14,15)/t9-,10?/m0/s1. The third-order valence-electron chi connectivity index (χ3n) is 2.64. The molecule has 4 heteroatoms. The largest absolute Gasteiger partial charge is 0.444 e. The molecule has 0 aliphatic heterocycles. The van der Waals surface area contributed by atoms with Gasteiger partial charge in [0.05, 0.1) is 6.07 Å². The molecule has 0 aromatic heterocycles. The van der Waals surface area contributed by atoms with Gasteiger partial charge < -0.3 is 10.1 Å². The second-order valence-corrected chi connectivity index (χ2v) is 5.38. The smallest absolute Gasteiger partial charge is 0.407 e. The van der Waals surface area contributed by atoms with Gasteiger partial charge in [-0.3, -0.25) is 0 Å². The highest BCUT2D eigenvalue weighted by Crippen LogP contribution is 2.27. The summed E-state index contributed by atoms with van der Waals surface area (Å²) in [6.45, 7) is 5.54. The van der Waals surface area contributed by atoms with Crippen LogP contribution in [0.1, 0.15) is 46.5 Å². The molecule has 1 fully saturated rings. The summed E-state index contributed by atoms with van der Waals surface area (Å²) >= 11 is 0. The van der Waals surface area contributed by atoms with Crippen molar-refractivity contribution >= 4 is 6.09 Å². The zero-order valence-corrected chi connectivity index (χ0v) is 10.2. The van der Waals surface area contributed by atoms with Gasteiger partial charge in [0.25, 0.3) is 0 Å². The Labute approximate surface area is 97.0 Å². The van der Waals surface area contributed by atoms with Crippen LogP contribution in [-0.2, 0) is 4.74 Å². The summed E-state index contributed by atoms with van der Waals surface area (Å²) in [4.78, 5) is 11.5. The van der Waals surface area contributed by atoms with Crippen LogP contribution in [-0.4, -0.2) is 17.7 Å². The summed E-state index contributed by atoms with van der Waals surface area (Å²) in [5.74, 6) is 0.435. The molecule has 0 saturated heterocycles. The predicted octanol–water partition coefficient (Wildman–Crippen LogP) is 2.59. The van der Waals surface area contributed by atoms with Crippen LogP contribution in [0.3, 0.4) is 0 Å². The minimum absolute atomic E-state index is 0.174. The van der Waals surface area contributed by atoms with Crippen molar-refractivity contribution in [1.29, 1.82) is 5.26 Å². The van der Waals surface area contributed by atoms with Gasteiger partial charge in [0.1, 0.15) is 5.60 Å². The van der Waals surface area contributed by atoms with Gasteiger partial charge >= 0.3 is 6.09 Å². The fourth-order valence-electron chi connectivity index (χ4n) is 1.99. The van der Waals surface area contributed by atoms with Gasteiger partial charge in [0, 0.05) is 12.5 Å². The highest BCUT2D eigenvalue weighted by molar-refractivity contribution is 5.68. The molecule has 1 aliphatic rings. The first-order chi connectivity index (χ1) is 7.40. The Morgan fingerprint density at radius 2 is 2.19 bits per heavy atom. The second-order valence-electron chi connectivity index (χ2n) is 5.38. The molecule has 1 rings (SSSR count). The molecule has 1 amide bonds. The van der Waals surface area contributed by atoms with Gasteiger partial charge in [-0.2, -0.15) is 5.26 Å². The van der Waals surface area contributed by atoms with Crippen molar-refractivity contribution in [2.45, 2.75) is 58.1 Å². The van der Waals surface area contributed by atoms with Gasteiger partial charge in [-0.25, -0.2) is 4.79 Å². The van der Waals surface area contributed by atoms with Crippen molar-refractivity contribution in [2.24, 2.45) is 5.92 Å². The van der Waals surface area contributed by atoms with Crippen molar-refractivity contribution in [2.75, 3.05) is 0 Å². The highest BCUT2D eigenvalue weighted by atomic mass is 16.6. The number of carbonyl (C=O) groups excluding carboxylic acids is 1. The number of alkyl carbamates (subject to hydrolysis) is 1. The number of amides is 1. The molecule has 0 spiro atoms. The average Bonchev–Trinajstić information content (AvgIpc) is 2.49. The first-order valence-electron chi connectivity index (χ1n) is 5.77. The number of nitrogens with zero attached hydrogens (tertiary/aromatic N) is 1. The van der Waals surface area contributed by atoms with Crippen LogP contribution < -0.4 is 5.32 Å². The van der Waals surface area contributed by atoms with E-state index < -0.39 is 5.60 Å². The van der Waals surface area contributed by atoms with Crippen molar-refractivity contribution in [1.82, 2.24) is 5.32 Å². The quantitative estimate of drug-likeness (QED) is 0.784. The lowest BCUT2D eigenvalue weighted by Gasteiger charge is -2.21. The van der Waals surface area contributed by atoms with Crippen LogP contribution in [0.4, 0.5) is 4.79 Å². The Morgan fingerprint density at radius 3 is 2.75 bits per heavy atom. The summed E-state index contributed by atoms with van der Waals surface area (Å²) in [5, 5.41) is 11.4. The molecule has 0 heterocycles. The molecule has 0 aromatic carbocycles. The molecule has 0 bridgehead atoms. The number of ether oxygens (including phenoxy) is 1. The molecule has 1 saturated carbocycles. The van der Waals surface area contributed by atoms with Gasteiger partial charge in [-0.05, 0) is 46.0 Å². The number of hydrogen-bond acceptors (Lipinski definition) is 3. The third kappa shape index (κ3) is 4.52. The van der Waals surface area contributed by atoms with Gasteiger partial charge in [-0.1, -0.05) is 0 Å². The zero-order valence-electron chi connectivity index (χ0n) is 10.2. The van der Waals surface area contributed by atoms with E-state index in [2.05, 4.69) is 11.4 Å². The molecular formula is C12H20N2O2. The SMILES string of the molecule is CC(C)(C)OC(=O)NC1CC[C@@H](CC#N)C1. The zero-order chi connectivity index (χ0) is 12.2. The number of rotatable bonds is 2. The molecule has 1 N–H and O–H groups in total. The van der Waals surface area contributed by atoms with Crippen LogP contribution in [0.5, 0.6) is 0 Å². The maximum Gasteiger partial charge on any atom is 0.407 e. The Bertz CT molecular complexity index is 288. The van der Waals surface area contributed by atoms with Crippen LogP contribution in [0.15, 0.2) is 0 Å². The maximum absolute atomic E-state index is 11.5. The highest BCUT2D eigenvalue weighted by Gasteiger charge is 2.27. The van der Waals surface area contributed by atoms with E-state index in [-0.39, 0.29) is 12.1 Å². The molecule has 1 aliphatic carbocycles. The van der Waals surface area contributed by atoms with E-state index in [1.807, 2.05) is 20.8 Å². The summed E-state index contributed by atoms with van der Waals surface area (Å²) in [6, 6.07) is 2.35. The molecule has 0 radical (unpaired) electrons. The second kappa shape index (κ2) is 5.20. The lowest BCUT2D eigenvalue weighted by atomic mass is 10.1. The first kappa shape index (κ1) is 12.8. The topological polar surface area (TPSA) is 62.1 Å². The maximum atomic E-state index is 11.5. The minimum Gasteiger partial charge on any atom is -0.444 e. The summed E-state index contributed by atoms with van der Waals surface area (Å²) in [6.07, 6.45) is 3.11. The van der Waals surface area contributed by atoms with E-state index in [0.29, 0.717) is 12.3 Å². The molecule has 0 aromatic rings. The predicted molar refractivity (Wildman–Crippen MR) is 60.7 cm³/mol. The van der Waals surface area contributed by atoms with E-state index >= 15 is 0 Å². The molecule has 1 unspecified atom stereocenters. The van der Waals surface area contributed by atoms with Crippen molar-refractivity contribution < 1.29 is 9.53 Å². The normalized spacial score (nSPS) is 24.9. The van der Waals surface area contributed by atoms with E-state index in [0.717, 1.165) is 19.3 Å². The van der Waals surface area contributed by atoms with Crippen molar-refractivity contribution in [3.63, 3.8) is 0 Å². The minimum atomic E-state index is -0.450. The van der Waals surface area contributed by atoms with Crippen molar-refractivity contribution in [3.05, 3.63) is 0 Å². The fourth-order valence-corrected chi connectivity index (χ4v) is 1.99. The summed E-state index contributed by atoms with van der Waals surface area (Å²) < 4.78 is 5.18. The van der Waals surface area contributed by atoms with Gasteiger partial charge in [-0.15, -0.1) is 0 Å². The number of carbonyl (C=O) groups is 1. The fraction of sp³-hybridized carbons (Fsp3) is 0.833. The third-order valence-corrected chi connectivity index (χ3v) is 2.64. The van der Waals surface area contributed by atoms with Crippen LogP contribution in [0.25, 0.3) is 0 Å². The Balaban J connectivity index is 2.29. The lowest BCUT2D eigenvalue weighted by Crippen LogP contribution is -2.37. The molecule has 2 atom stereocenters. The van der Waals surface area contributed by atoms with E-state index in [9.17, 15) is 4.79 Å². The molecular weight excluding hydrogens is 204 g/mol. The van der Waals surface area contributed by atoms with Crippen molar-refractivity contribution in [3.8, 4) is 6.07 Å². The number of hydrogen-bond donors (Lipinski definition) is 1. The van der Waals surface area contributed by atoms with Gasteiger partial charge in [0.15, 0.2) is 0 Å². The molecule has 16 heavy (non-hydrogen) atoms. The van der Waals surface area contributed by atoms with Crippen LogP contribution in [0.2, 0.25) is 0 Å². The Kier molecular flexibility index (Phi) is 4.17. The molecule has 90 valence electrons. The Hall–Kier alpha value is -1.24. The van der Waals surface area contributed by atoms with Gasteiger partial charge in [0.2, 0.25) is 0 Å². The first-order valence-corrected chi connectivity index (χ1v) is 5.77. The molecule has 4 nitrogen and oxygen atoms in total. The summed E-state index contributed by atoms with van der Waals surface area (Å²) in [5.41, 5.74) is -0.450. The van der Waals surface area contributed by atoms with Crippen LogP contribution >= 0.6 is 0 Å². The summed E-state index contributed by atoms with van der Waals surface area (Å²) in [7, 11) is 0.